The summed E-state index contributed by atoms with van der Waals surface area (Å²) in [6.45, 7) is 8.79. The second-order valence-electron chi connectivity index (χ2n) is 12.9. The molecule has 43 heavy (non-hydrogen) atoms. The zero-order chi connectivity index (χ0) is 32.5. The molecule has 0 unspecified atom stereocenters. The Labute approximate surface area is 271 Å². The van der Waals surface area contributed by atoms with Crippen molar-refractivity contribution in [1.29, 1.82) is 0 Å². The molecule has 0 fully saturated rings. The number of unbranched alkanes of at least 4 members (excludes halogenated alkanes) is 28. The van der Waals surface area contributed by atoms with Gasteiger partial charge in [0.1, 0.15) is 0 Å². The van der Waals surface area contributed by atoms with Crippen molar-refractivity contribution in [3.05, 3.63) is 0 Å². The molecule has 0 aromatic heterocycles. The third kappa shape index (κ3) is 57.2. The van der Waals surface area contributed by atoms with Crippen molar-refractivity contribution in [2.24, 2.45) is 0 Å². The van der Waals surface area contributed by atoms with Crippen molar-refractivity contribution in [3.63, 3.8) is 0 Å². The SMILES string of the molecule is CCC.CCCCCCCCCCCCCCCCCC(=O)O.CCCCCCCCCCCCCCCCCC(=O)O. The minimum atomic E-state index is -0.653. The highest BCUT2D eigenvalue weighted by molar-refractivity contribution is 5.66. The van der Waals surface area contributed by atoms with E-state index in [0.29, 0.717) is 12.8 Å². The van der Waals surface area contributed by atoms with Gasteiger partial charge in [0.15, 0.2) is 0 Å². The van der Waals surface area contributed by atoms with Crippen molar-refractivity contribution < 1.29 is 19.8 Å². The molecular weight excluding hydrogens is 532 g/mol. The minimum absolute atomic E-state index is 0.345. The van der Waals surface area contributed by atoms with E-state index < -0.39 is 11.9 Å². The van der Waals surface area contributed by atoms with Gasteiger partial charge in [0.05, 0.1) is 0 Å². The highest BCUT2D eigenvalue weighted by Gasteiger charge is 1.98. The monoisotopic (exact) mass is 613 g/mol. The lowest BCUT2D eigenvalue weighted by Crippen LogP contribution is -1.93. The molecule has 0 saturated heterocycles. The van der Waals surface area contributed by atoms with Gasteiger partial charge in [0, 0.05) is 12.8 Å². The summed E-state index contributed by atoms with van der Waals surface area (Å²) in [5, 5.41) is 17.0. The minimum Gasteiger partial charge on any atom is -0.481 e. The predicted molar refractivity (Wildman–Crippen MR) is 190 cm³/mol. The predicted octanol–water partition coefficient (Wildman–Crippen LogP) is 14.1. The maximum atomic E-state index is 10.3. The molecule has 0 aliphatic heterocycles. The molecule has 4 nitrogen and oxygen atoms in total. The molecule has 0 bridgehead atoms. The topological polar surface area (TPSA) is 74.6 Å². The summed E-state index contributed by atoms with van der Waals surface area (Å²) in [6, 6.07) is 0. The first kappa shape index (κ1) is 46.4. The van der Waals surface area contributed by atoms with Crippen LogP contribution in [-0.2, 0) is 9.59 Å². The summed E-state index contributed by atoms with van der Waals surface area (Å²) >= 11 is 0. The Morgan fingerprint density at radius 3 is 0.581 bits per heavy atom. The Morgan fingerprint density at radius 1 is 0.302 bits per heavy atom. The first-order valence-electron chi connectivity index (χ1n) is 19.4. The van der Waals surface area contributed by atoms with Gasteiger partial charge in [0.25, 0.3) is 0 Å². The van der Waals surface area contributed by atoms with Crippen LogP contribution in [0, 0.1) is 0 Å². The number of carbonyl (C=O) groups is 2. The molecule has 0 radical (unpaired) electrons. The molecule has 0 atom stereocenters. The van der Waals surface area contributed by atoms with Gasteiger partial charge in [-0.15, -0.1) is 0 Å². The van der Waals surface area contributed by atoms with Crippen LogP contribution in [0.3, 0.4) is 0 Å². The highest BCUT2D eigenvalue weighted by Crippen LogP contribution is 2.15. The normalized spacial score (nSPS) is 10.5. The van der Waals surface area contributed by atoms with Crippen LogP contribution in [-0.4, -0.2) is 22.2 Å². The average molecular weight is 613 g/mol. The number of rotatable bonds is 32. The van der Waals surface area contributed by atoms with Crippen LogP contribution in [0.4, 0.5) is 0 Å². The first-order chi connectivity index (χ1) is 21.0. The zero-order valence-corrected chi connectivity index (χ0v) is 30.0. The zero-order valence-electron chi connectivity index (χ0n) is 30.0. The quantitative estimate of drug-likeness (QED) is 0.0741. The Balaban J connectivity index is -0.000000681. The van der Waals surface area contributed by atoms with Crippen molar-refractivity contribution >= 4 is 11.9 Å². The maximum absolute atomic E-state index is 10.3. The third-order valence-electron chi connectivity index (χ3n) is 7.99. The second kappa shape index (κ2) is 45.4. The molecule has 0 saturated carbocycles. The fraction of sp³-hybridized carbons (Fsp3) is 0.949. The number of carboxylic acid groups (broad SMARTS) is 2. The van der Waals surface area contributed by atoms with E-state index in [2.05, 4.69) is 27.7 Å². The van der Waals surface area contributed by atoms with E-state index in [1.54, 1.807) is 0 Å². The van der Waals surface area contributed by atoms with E-state index in [0.717, 1.165) is 25.7 Å². The summed E-state index contributed by atoms with van der Waals surface area (Å²) in [5.41, 5.74) is 0. The Hall–Kier alpha value is -1.06. The molecule has 0 aromatic rings. The smallest absolute Gasteiger partial charge is 0.303 e. The van der Waals surface area contributed by atoms with Crippen molar-refractivity contribution in [3.8, 4) is 0 Å². The molecule has 0 aromatic carbocycles. The van der Waals surface area contributed by atoms with E-state index in [9.17, 15) is 9.59 Å². The molecule has 4 heteroatoms. The average Bonchev–Trinajstić information content (AvgIpc) is 2.97. The molecule has 0 aliphatic carbocycles. The van der Waals surface area contributed by atoms with Crippen molar-refractivity contribution in [2.75, 3.05) is 0 Å². The molecule has 2 N–H and O–H groups in total. The molecular formula is C39H80O4. The van der Waals surface area contributed by atoms with Crippen LogP contribution in [0.2, 0.25) is 0 Å². The third-order valence-corrected chi connectivity index (χ3v) is 7.99. The lowest BCUT2D eigenvalue weighted by Gasteiger charge is -2.03. The number of hydrogen-bond acceptors (Lipinski definition) is 2. The van der Waals surface area contributed by atoms with E-state index in [1.807, 2.05) is 0 Å². The van der Waals surface area contributed by atoms with Gasteiger partial charge >= 0.3 is 11.9 Å². The summed E-state index contributed by atoms with van der Waals surface area (Å²) in [5.74, 6) is -1.31. The Bertz CT molecular complexity index is 461. The lowest BCUT2D eigenvalue weighted by atomic mass is 10.0. The molecule has 0 heterocycles. The van der Waals surface area contributed by atoms with E-state index >= 15 is 0 Å². The molecule has 0 rings (SSSR count). The van der Waals surface area contributed by atoms with Gasteiger partial charge in [-0.25, -0.2) is 0 Å². The summed E-state index contributed by atoms with van der Waals surface area (Å²) < 4.78 is 0. The summed E-state index contributed by atoms with van der Waals surface area (Å²) in [6.07, 6.45) is 41.6. The number of aliphatic carboxylic acids is 2. The van der Waals surface area contributed by atoms with E-state index in [4.69, 9.17) is 10.2 Å². The van der Waals surface area contributed by atoms with Gasteiger partial charge in [-0.1, -0.05) is 214 Å². The van der Waals surface area contributed by atoms with Gasteiger partial charge < -0.3 is 10.2 Å². The highest BCUT2D eigenvalue weighted by atomic mass is 16.4. The molecule has 260 valence electrons. The number of hydrogen-bond donors (Lipinski definition) is 2. The Kier molecular flexibility index (Phi) is 48.9. The Morgan fingerprint density at radius 2 is 0.442 bits per heavy atom. The van der Waals surface area contributed by atoms with Crippen molar-refractivity contribution in [2.45, 2.75) is 240 Å². The van der Waals surface area contributed by atoms with Gasteiger partial charge in [-0.05, 0) is 12.8 Å². The van der Waals surface area contributed by atoms with E-state index in [-0.39, 0.29) is 0 Å². The fourth-order valence-corrected chi connectivity index (χ4v) is 5.30. The lowest BCUT2D eigenvalue weighted by molar-refractivity contribution is -0.138. The maximum Gasteiger partial charge on any atom is 0.303 e. The van der Waals surface area contributed by atoms with Crippen LogP contribution >= 0.6 is 0 Å². The van der Waals surface area contributed by atoms with Crippen LogP contribution in [0.25, 0.3) is 0 Å². The van der Waals surface area contributed by atoms with Gasteiger partial charge in [0.2, 0.25) is 0 Å². The largest absolute Gasteiger partial charge is 0.481 e. The molecule has 0 amide bonds. The van der Waals surface area contributed by atoms with Crippen LogP contribution in [0.15, 0.2) is 0 Å². The number of carboxylic acids is 2. The summed E-state index contributed by atoms with van der Waals surface area (Å²) in [7, 11) is 0. The molecule has 0 aliphatic rings. The van der Waals surface area contributed by atoms with Crippen LogP contribution in [0.1, 0.15) is 240 Å². The van der Waals surface area contributed by atoms with Crippen LogP contribution < -0.4 is 0 Å². The van der Waals surface area contributed by atoms with E-state index in [1.165, 1.54) is 173 Å². The van der Waals surface area contributed by atoms with Gasteiger partial charge in [-0.3, -0.25) is 9.59 Å². The summed E-state index contributed by atoms with van der Waals surface area (Å²) in [4.78, 5) is 20.7. The van der Waals surface area contributed by atoms with Gasteiger partial charge in [-0.2, -0.15) is 0 Å². The van der Waals surface area contributed by atoms with Crippen molar-refractivity contribution in [1.82, 2.24) is 0 Å². The molecule has 0 spiro atoms. The fourth-order valence-electron chi connectivity index (χ4n) is 5.30. The standard InChI is InChI=1S/2C18H36O2.C3H8/c2*1-2-3-4-5-6-7-8-9-10-11-12-13-14-15-16-17-18(19)20;1-3-2/h2*2-17H2,1H3,(H,19,20);3H2,1-2H3. The first-order valence-corrected chi connectivity index (χ1v) is 19.4. The second-order valence-corrected chi connectivity index (χ2v) is 12.9. The van der Waals surface area contributed by atoms with Crippen LogP contribution in [0.5, 0.6) is 0 Å².